The Hall–Kier alpha value is -2.30. The summed E-state index contributed by atoms with van der Waals surface area (Å²) in [7, 11) is 3.46. The van der Waals surface area contributed by atoms with E-state index in [2.05, 4.69) is 0 Å². The molecule has 20 heavy (non-hydrogen) atoms. The molecule has 0 aliphatic heterocycles. The zero-order valence-electron chi connectivity index (χ0n) is 11.7. The van der Waals surface area contributed by atoms with Crippen molar-refractivity contribution in [3.05, 3.63) is 36.0 Å². The van der Waals surface area contributed by atoms with Crippen LogP contribution in [0.3, 0.4) is 0 Å². The molecule has 0 saturated heterocycles. The van der Waals surface area contributed by atoms with Gasteiger partial charge in [-0.25, -0.2) is 4.79 Å². The molecule has 0 spiro atoms. The summed E-state index contributed by atoms with van der Waals surface area (Å²) in [4.78, 5) is 24.4. The summed E-state index contributed by atoms with van der Waals surface area (Å²) in [6.45, 7) is 0.632. The normalized spacial score (nSPS) is 10.7. The zero-order chi connectivity index (χ0) is 14.7. The summed E-state index contributed by atoms with van der Waals surface area (Å²) in [5.41, 5.74) is 1.02. The summed E-state index contributed by atoms with van der Waals surface area (Å²) < 4.78 is 1.90. The number of nitrogens with zero attached hydrogens (tertiary/aromatic N) is 2. The van der Waals surface area contributed by atoms with Gasteiger partial charge in [-0.15, -0.1) is 0 Å². The van der Waals surface area contributed by atoms with Crippen molar-refractivity contribution in [3.8, 4) is 0 Å². The van der Waals surface area contributed by atoms with Gasteiger partial charge in [-0.3, -0.25) is 4.79 Å². The smallest absolute Gasteiger partial charge is 0.337 e. The third-order valence-electron chi connectivity index (χ3n) is 3.31. The van der Waals surface area contributed by atoms with Gasteiger partial charge in [0.15, 0.2) is 0 Å². The second-order valence-corrected chi connectivity index (χ2v) is 4.95. The number of carbonyl (C=O) groups is 2. The first-order chi connectivity index (χ1) is 9.50. The molecule has 5 heteroatoms. The van der Waals surface area contributed by atoms with Gasteiger partial charge in [-0.1, -0.05) is 12.1 Å². The maximum Gasteiger partial charge on any atom is 0.337 e. The molecule has 1 aromatic carbocycles. The number of hydrogen-bond acceptors (Lipinski definition) is 2. The number of aromatic nitrogens is 1. The minimum atomic E-state index is -0.931. The molecule has 0 fully saturated rings. The van der Waals surface area contributed by atoms with Crippen molar-refractivity contribution < 1.29 is 14.7 Å². The molecule has 5 nitrogen and oxygen atoms in total. The van der Waals surface area contributed by atoms with Crippen LogP contribution in [-0.2, 0) is 11.3 Å². The lowest BCUT2D eigenvalue weighted by Gasteiger charge is -2.11. The fourth-order valence-electron chi connectivity index (χ4n) is 2.24. The van der Waals surface area contributed by atoms with Gasteiger partial charge in [0.25, 0.3) is 0 Å². The van der Waals surface area contributed by atoms with Crippen LogP contribution in [0.1, 0.15) is 23.2 Å². The van der Waals surface area contributed by atoms with E-state index in [1.165, 1.54) is 0 Å². The Labute approximate surface area is 117 Å². The first-order valence-corrected chi connectivity index (χ1v) is 6.52. The fourth-order valence-corrected chi connectivity index (χ4v) is 2.24. The number of aryl methyl sites for hydroxylation is 1. The van der Waals surface area contributed by atoms with Crippen molar-refractivity contribution in [2.75, 3.05) is 14.1 Å². The highest BCUT2D eigenvalue weighted by Crippen LogP contribution is 2.21. The number of amides is 1. The van der Waals surface area contributed by atoms with E-state index in [1.54, 1.807) is 31.1 Å². The Morgan fingerprint density at radius 1 is 1.25 bits per heavy atom. The number of carbonyl (C=O) groups excluding carboxylic acids is 1. The van der Waals surface area contributed by atoms with E-state index in [-0.39, 0.29) is 5.91 Å². The SMILES string of the molecule is CN(C)C(=O)CCCn1ccc2cccc(C(=O)O)c21. The van der Waals surface area contributed by atoms with E-state index in [1.807, 2.05) is 22.9 Å². The largest absolute Gasteiger partial charge is 0.478 e. The standard InChI is InChI=1S/C15H18N2O3/c1-16(2)13(18)7-4-9-17-10-8-11-5-3-6-12(14(11)17)15(19)20/h3,5-6,8,10H,4,7,9H2,1-2H3,(H,19,20). The number of rotatable bonds is 5. The first kappa shape index (κ1) is 14.1. The van der Waals surface area contributed by atoms with E-state index < -0.39 is 5.97 Å². The van der Waals surface area contributed by atoms with Crippen LogP contribution in [0.25, 0.3) is 10.9 Å². The molecule has 106 valence electrons. The average molecular weight is 274 g/mol. The van der Waals surface area contributed by atoms with Crippen LogP contribution >= 0.6 is 0 Å². The van der Waals surface area contributed by atoms with Gasteiger partial charge in [0, 0.05) is 38.6 Å². The molecular formula is C15H18N2O3. The van der Waals surface area contributed by atoms with Crippen molar-refractivity contribution >= 4 is 22.8 Å². The number of benzene rings is 1. The molecule has 2 rings (SSSR count). The highest BCUT2D eigenvalue weighted by Gasteiger charge is 2.12. The number of aromatic carboxylic acids is 1. The van der Waals surface area contributed by atoms with Crippen molar-refractivity contribution in [1.82, 2.24) is 9.47 Å². The van der Waals surface area contributed by atoms with Gasteiger partial charge in [0.05, 0.1) is 11.1 Å². The lowest BCUT2D eigenvalue weighted by atomic mass is 10.1. The molecule has 1 heterocycles. The fraction of sp³-hybridized carbons (Fsp3) is 0.333. The minimum absolute atomic E-state index is 0.0833. The predicted octanol–water partition coefficient (Wildman–Crippen LogP) is 2.21. The Kier molecular flexibility index (Phi) is 4.08. The lowest BCUT2D eigenvalue weighted by molar-refractivity contribution is -0.128. The van der Waals surface area contributed by atoms with Gasteiger partial charge in [0.1, 0.15) is 0 Å². The zero-order valence-corrected chi connectivity index (χ0v) is 11.7. The molecule has 1 aromatic heterocycles. The van der Waals surface area contributed by atoms with Crippen LogP contribution in [0.5, 0.6) is 0 Å². The minimum Gasteiger partial charge on any atom is -0.478 e. The van der Waals surface area contributed by atoms with Gasteiger partial charge >= 0.3 is 5.97 Å². The van der Waals surface area contributed by atoms with Crippen LogP contribution in [-0.4, -0.2) is 40.5 Å². The van der Waals surface area contributed by atoms with Crippen LogP contribution in [0.15, 0.2) is 30.5 Å². The molecule has 1 amide bonds. The second-order valence-electron chi connectivity index (χ2n) is 4.95. The Morgan fingerprint density at radius 3 is 2.65 bits per heavy atom. The van der Waals surface area contributed by atoms with E-state index in [0.717, 1.165) is 10.9 Å². The molecule has 0 radical (unpaired) electrons. The molecule has 0 bridgehead atoms. The van der Waals surface area contributed by atoms with Crippen molar-refractivity contribution in [3.63, 3.8) is 0 Å². The predicted molar refractivity (Wildman–Crippen MR) is 76.8 cm³/mol. The Morgan fingerprint density at radius 2 is 2.00 bits per heavy atom. The average Bonchev–Trinajstić information content (AvgIpc) is 2.81. The quantitative estimate of drug-likeness (QED) is 0.909. The second kappa shape index (κ2) is 5.77. The van der Waals surface area contributed by atoms with Crippen LogP contribution < -0.4 is 0 Å². The monoisotopic (exact) mass is 274 g/mol. The third-order valence-corrected chi connectivity index (χ3v) is 3.31. The first-order valence-electron chi connectivity index (χ1n) is 6.52. The van der Waals surface area contributed by atoms with Gasteiger partial charge in [-0.2, -0.15) is 0 Å². The van der Waals surface area contributed by atoms with Crippen molar-refractivity contribution in [2.24, 2.45) is 0 Å². The van der Waals surface area contributed by atoms with E-state index in [4.69, 9.17) is 0 Å². The van der Waals surface area contributed by atoms with Crippen LogP contribution in [0.2, 0.25) is 0 Å². The summed E-state index contributed by atoms with van der Waals surface area (Å²) in [5.74, 6) is -0.847. The molecule has 0 unspecified atom stereocenters. The number of para-hydroxylation sites is 1. The summed E-state index contributed by atoms with van der Waals surface area (Å²) in [6, 6.07) is 7.14. The molecule has 0 aliphatic rings. The van der Waals surface area contributed by atoms with Crippen molar-refractivity contribution in [2.45, 2.75) is 19.4 Å². The molecule has 0 saturated carbocycles. The molecular weight excluding hydrogens is 256 g/mol. The lowest BCUT2D eigenvalue weighted by Crippen LogP contribution is -2.21. The third kappa shape index (κ3) is 2.82. The number of carboxylic acid groups (broad SMARTS) is 1. The van der Waals surface area contributed by atoms with Crippen LogP contribution in [0, 0.1) is 0 Å². The highest BCUT2D eigenvalue weighted by atomic mass is 16.4. The van der Waals surface area contributed by atoms with Gasteiger partial charge in [0.2, 0.25) is 5.91 Å². The maximum absolute atomic E-state index is 11.5. The number of fused-ring (bicyclic) bond motifs is 1. The number of carboxylic acids is 1. The summed E-state index contributed by atoms with van der Waals surface area (Å²) in [6.07, 6.45) is 3.02. The highest BCUT2D eigenvalue weighted by molar-refractivity contribution is 6.02. The van der Waals surface area contributed by atoms with Crippen LogP contribution in [0.4, 0.5) is 0 Å². The van der Waals surface area contributed by atoms with Crippen molar-refractivity contribution in [1.29, 1.82) is 0 Å². The Bertz CT molecular complexity index is 644. The van der Waals surface area contributed by atoms with Gasteiger partial charge in [-0.05, 0) is 18.6 Å². The Balaban J connectivity index is 2.19. The summed E-state index contributed by atoms with van der Waals surface area (Å²) >= 11 is 0. The van der Waals surface area contributed by atoms with E-state index >= 15 is 0 Å². The molecule has 0 atom stereocenters. The number of hydrogen-bond donors (Lipinski definition) is 1. The molecule has 0 aliphatic carbocycles. The molecule has 1 N–H and O–H groups in total. The molecule has 2 aromatic rings. The maximum atomic E-state index is 11.5. The van der Waals surface area contributed by atoms with E-state index in [9.17, 15) is 14.7 Å². The summed E-state index contributed by atoms with van der Waals surface area (Å²) in [5, 5.41) is 10.1. The van der Waals surface area contributed by atoms with Gasteiger partial charge < -0.3 is 14.6 Å². The van der Waals surface area contributed by atoms with E-state index in [0.29, 0.717) is 24.9 Å². The topological polar surface area (TPSA) is 62.5 Å².